The van der Waals surface area contributed by atoms with Gasteiger partial charge < -0.3 is 4.98 Å². The second-order valence-corrected chi connectivity index (χ2v) is 11.3. The lowest BCUT2D eigenvalue weighted by Gasteiger charge is -2.58. The van der Waals surface area contributed by atoms with Gasteiger partial charge in [-0.1, -0.05) is 19.4 Å². The first kappa shape index (κ1) is 21.6. The molecule has 0 aromatic carbocycles. The van der Waals surface area contributed by atoms with Crippen molar-refractivity contribution in [3.05, 3.63) is 44.2 Å². The number of allylic oxidation sites excluding steroid dienone is 1. The summed E-state index contributed by atoms with van der Waals surface area (Å²) in [6, 6.07) is 0. The van der Waals surface area contributed by atoms with Gasteiger partial charge in [-0.15, -0.1) is 0 Å². The van der Waals surface area contributed by atoms with Gasteiger partial charge in [0.15, 0.2) is 11.6 Å². The van der Waals surface area contributed by atoms with Crippen molar-refractivity contribution in [2.45, 2.75) is 78.7 Å². The van der Waals surface area contributed by atoms with Crippen LogP contribution in [-0.2, 0) is 16.1 Å². The van der Waals surface area contributed by atoms with Crippen molar-refractivity contribution in [1.29, 1.82) is 0 Å². The molecule has 1 aromatic rings. The Labute approximate surface area is 188 Å². The van der Waals surface area contributed by atoms with Gasteiger partial charge in [0.05, 0.1) is 6.54 Å². The number of fused-ring (bicyclic) bond motifs is 5. The van der Waals surface area contributed by atoms with Crippen LogP contribution in [0.3, 0.4) is 0 Å². The van der Waals surface area contributed by atoms with Crippen molar-refractivity contribution >= 4 is 11.6 Å². The number of carbonyl (C=O) groups is 2. The highest BCUT2D eigenvalue weighted by atomic mass is 16.2. The van der Waals surface area contributed by atoms with Gasteiger partial charge in [0, 0.05) is 24.1 Å². The molecular formula is C26H34N2O4. The number of aromatic amines is 1. The van der Waals surface area contributed by atoms with Crippen LogP contribution in [0.1, 0.15) is 70.8 Å². The van der Waals surface area contributed by atoms with E-state index in [-0.39, 0.29) is 40.4 Å². The second kappa shape index (κ2) is 7.39. The Hall–Kier alpha value is -2.24. The van der Waals surface area contributed by atoms with Gasteiger partial charge in [-0.25, -0.2) is 4.79 Å². The molecule has 5 rings (SSSR count). The number of rotatable bonds is 3. The maximum absolute atomic E-state index is 13.4. The van der Waals surface area contributed by atoms with Crippen molar-refractivity contribution in [2.75, 3.05) is 0 Å². The highest BCUT2D eigenvalue weighted by Crippen LogP contribution is 2.66. The monoisotopic (exact) mass is 438 g/mol. The molecule has 6 atom stereocenters. The minimum Gasteiger partial charge on any atom is -0.314 e. The molecule has 6 nitrogen and oxygen atoms in total. The van der Waals surface area contributed by atoms with Crippen LogP contribution in [0.2, 0.25) is 0 Å². The molecule has 0 aliphatic heterocycles. The topological polar surface area (TPSA) is 89.0 Å². The summed E-state index contributed by atoms with van der Waals surface area (Å²) in [5.41, 5.74) is 0.977. The molecule has 1 heterocycles. The molecule has 3 fully saturated rings. The molecular weight excluding hydrogens is 404 g/mol. The number of hydrogen-bond acceptors (Lipinski definition) is 4. The third kappa shape index (κ3) is 3.05. The first-order valence-corrected chi connectivity index (χ1v) is 12.2. The maximum atomic E-state index is 13.4. The molecule has 0 amide bonds. The molecule has 6 heteroatoms. The summed E-state index contributed by atoms with van der Waals surface area (Å²) in [4.78, 5) is 52.7. The number of H-pyrrole nitrogens is 1. The van der Waals surface area contributed by atoms with Crippen LogP contribution in [0.5, 0.6) is 0 Å². The van der Waals surface area contributed by atoms with E-state index in [1.165, 1.54) is 11.8 Å². The Balaban J connectivity index is 1.40. The fraction of sp³-hybridized carbons (Fsp3) is 0.692. The predicted octanol–water partition coefficient (Wildman–Crippen LogP) is 3.56. The van der Waals surface area contributed by atoms with Crippen LogP contribution in [0.4, 0.5) is 0 Å². The third-order valence-electron chi connectivity index (χ3n) is 9.90. The Morgan fingerprint density at radius 1 is 1.06 bits per heavy atom. The SMILES string of the molecule is Cc1c[nH]c(=O)n(CC(=O)[C@H]2CC[C@H]3[C@@H]4CCC5=CC(=O)CC[C@]5(C)[C@H]4CC[C@]23C)c1=O. The first-order chi connectivity index (χ1) is 15.1. The molecule has 0 bridgehead atoms. The van der Waals surface area contributed by atoms with Gasteiger partial charge in [0.25, 0.3) is 5.56 Å². The summed E-state index contributed by atoms with van der Waals surface area (Å²) >= 11 is 0. The lowest BCUT2D eigenvalue weighted by molar-refractivity contribution is -0.131. The van der Waals surface area contributed by atoms with Gasteiger partial charge in [-0.05, 0) is 86.5 Å². The zero-order valence-electron chi connectivity index (χ0n) is 19.4. The lowest BCUT2D eigenvalue weighted by atomic mass is 9.46. The smallest absolute Gasteiger partial charge is 0.314 e. The molecule has 0 spiro atoms. The van der Waals surface area contributed by atoms with E-state index in [0.717, 1.165) is 49.5 Å². The van der Waals surface area contributed by atoms with Gasteiger partial charge in [0.1, 0.15) is 0 Å². The van der Waals surface area contributed by atoms with E-state index < -0.39 is 5.69 Å². The van der Waals surface area contributed by atoms with Crippen LogP contribution in [0, 0.1) is 41.4 Å². The number of nitrogens with zero attached hydrogens (tertiary/aromatic N) is 1. The summed E-state index contributed by atoms with van der Waals surface area (Å²) in [5.74, 6) is 1.88. The fourth-order valence-electron chi connectivity index (χ4n) is 8.11. The summed E-state index contributed by atoms with van der Waals surface area (Å²) < 4.78 is 1.07. The number of ketones is 2. The number of aromatic nitrogens is 2. The number of aryl methyl sites for hydroxylation is 1. The minimum absolute atomic E-state index is 0.0255. The maximum Gasteiger partial charge on any atom is 0.328 e. The van der Waals surface area contributed by atoms with Crippen LogP contribution in [-0.4, -0.2) is 21.1 Å². The predicted molar refractivity (Wildman–Crippen MR) is 121 cm³/mol. The number of hydrogen-bond donors (Lipinski definition) is 1. The molecule has 4 aliphatic carbocycles. The zero-order valence-corrected chi connectivity index (χ0v) is 19.4. The molecule has 0 saturated heterocycles. The van der Waals surface area contributed by atoms with E-state index in [4.69, 9.17) is 0 Å². The average molecular weight is 439 g/mol. The fourth-order valence-corrected chi connectivity index (χ4v) is 8.11. The number of nitrogens with one attached hydrogen (secondary N) is 1. The van der Waals surface area contributed by atoms with Crippen LogP contribution in [0.15, 0.2) is 27.4 Å². The molecule has 1 aromatic heterocycles. The third-order valence-corrected chi connectivity index (χ3v) is 9.90. The first-order valence-electron chi connectivity index (χ1n) is 12.2. The average Bonchev–Trinajstić information content (AvgIpc) is 3.11. The van der Waals surface area contributed by atoms with E-state index in [2.05, 4.69) is 18.8 Å². The quantitative estimate of drug-likeness (QED) is 0.781. The Morgan fingerprint density at radius 2 is 1.84 bits per heavy atom. The molecule has 1 N–H and O–H groups in total. The Bertz CT molecular complexity index is 1130. The second-order valence-electron chi connectivity index (χ2n) is 11.3. The summed E-state index contributed by atoms with van der Waals surface area (Å²) in [7, 11) is 0. The summed E-state index contributed by atoms with van der Waals surface area (Å²) in [6.07, 6.45) is 11.1. The lowest BCUT2D eigenvalue weighted by Crippen LogP contribution is -2.51. The summed E-state index contributed by atoms with van der Waals surface area (Å²) in [6.45, 7) is 6.17. The van der Waals surface area contributed by atoms with E-state index in [0.29, 0.717) is 29.7 Å². The van der Waals surface area contributed by atoms with Gasteiger partial charge in [-0.3, -0.25) is 19.0 Å². The van der Waals surface area contributed by atoms with Gasteiger partial charge in [-0.2, -0.15) is 0 Å². The van der Waals surface area contributed by atoms with Crippen molar-refractivity contribution in [1.82, 2.24) is 9.55 Å². The molecule has 4 aliphatic rings. The summed E-state index contributed by atoms with van der Waals surface area (Å²) in [5, 5.41) is 0. The molecule has 0 unspecified atom stereocenters. The highest BCUT2D eigenvalue weighted by Gasteiger charge is 2.60. The van der Waals surface area contributed by atoms with E-state index in [1.807, 2.05) is 6.08 Å². The zero-order chi connectivity index (χ0) is 22.8. The van der Waals surface area contributed by atoms with Crippen molar-refractivity contribution in [3.63, 3.8) is 0 Å². The van der Waals surface area contributed by atoms with Crippen molar-refractivity contribution in [3.8, 4) is 0 Å². The molecule has 172 valence electrons. The largest absolute Gasteiger partial charge is 0.328 e. The number of Topliss-reactive ketones (excluding diaryl/α,β-unsaturated/α-hetero) is 1. The molecule has 3 saturated carbocycles. The molecule has 32 heavy (non-hydrogen) atoms. The minimum atomic E-state index is -0.510. The normalized spacial score (nSPS) is 38.5. The van der Waals surface area contributed by atoms with Crippen molar-refractivity contribution < 1.29 is 9.59 Å². The van der Waals surface area contributed by atoms with E-state index >= 15 is 0 Å². The molecule has 0 radical (unpaired) electrons. The van der Waals surface area contributed by atoms with Crippen LogP contribution in [0.25, 0.3) is 0 Å². The van der Waals surface area contributed by atoms with E-state index in [1.54, 1.807) is 6.92 Å². The Morgan fingerprint density at radius 3 is 2.62 bits per heavy atom. The van der Waals surface area contributed by atoms with Crippen LogP contribution < -0.4 is 11.2 Å². The van der Waals surface area contributed by atoms with E-state index in [9.17, 15) is 19.2 Å². The van der Waals surface area contributed by atoms with Gasteiger partial charge in [0.2, 0.25) is 0 Å². The Kier molecular flexibility index (Phi) is 4.99. The van der Waals surface area contributed by atoms with Crippen LogP contribution >= 0.6 is 0 Å². The highest BCUT2D eigenvalue weighted by molar-refractivity contribution is 5.91. The van der Waals surface area contributed by atoms with Gasteiger partial charge >= 0.3 is 5.69 Å². The number of carbonyl (C=O) groups excluding carboxylic acids is 2. The standard InChI is InChI=1S/C26H34N2O4/c1-15-13-27-24(32)28(23(15)31)14-22(30)21-7-6-19-18-5-4-16-12-17(29)8-10-25(16,2)20(18)9-11-26(19,21)3/h12-13,18-21H,4-11,14H2,1-3H3,(H,27,32)/t18-,19-,20-,21+,25-,26-/m0/s1. The van der Waals surface area contributed by atoms with Crippen molar-refractivity contribution in [2.24, 2.45) is 34.5 Å².